The predicted molar refractivity (Wildman–Crippen MR) is 77.8 cm³/mol. The van der Waals surface area contributed by atoms with E-state index in [-0.39, 0.29) is 12.1 Å². The van der Waals surface area contributed by atoms with Crippen LogP contribution in [0.4, 0.5) is 0 Å². The van der Waals surface area contributed by atoms with E-state index in [4.69, 9.17) is 23.2 Å². The van der Waals surface area contributed by atoms with Crippen molar-refractivity contribution in [3.63, 3.8) is 0 Å². The quantitative estimate of drug-likeness (QED) is 0.940. The summed E-state index contributed by atoms with van der Waals surface area (Å²) in [6.45, 7) is 4.13. The van der Waals surface area contributed by atoms with E-state index in [0.717, 1.165) is 11.4 Å². The zero-order valence-corrected chi connectivity index (χ0v) is 12.6. The molecule has 6 heteroatoms. The summed E-state index contributed by atoms with van der Waals surface area (Å²) >= 11 is 12.1. The van der Waals surface area contributed by atoms with Crippen LogP contribution in [-0.2, 0) is 0 Å². The van der Waals surface area contributed by atoms with Gasteiger partial charge in [-0.3, -0.25) is 9.67 Å². The van der Waals surface area contributed by atoms with Crippen molar-refractivity contribution in [2.24, 2.45) is 0 Å². The SMILES string of the molecule is CNC(c1ccc(Cl)cn1)c1c(Cl)cnn1C(C)C. The van der Waals surface area contributed by atoms with Crippen molar-refractivity contribution < 1.29 is 0 Å². The van der Waals surface area contributed by atoms with Crippen LogP contribution in [0.2, 0.25) is 10.0 Å². The van der Waals surface area contributed by atoms with Gasteiger partial charge in [0.15, 0.2) is 0 Å². The van der Waals surface area contributed by atoms with Gasteiger partial charge in [0.2, 0.25) is 0 Å². The van der Waals surface area contributed by atoms with Crippen LogP contribution in [0.3, 0.4) is 0 Å². The lowest BCUT2D eigenvalue weighted by molar-refractivity contribution is 0.481. The summed E-state index contributed by atoms with van der Waals surface area (Å²) in [7, 11) is 1.87. The summed E-state index contributed by atoms with van der Waals surface area (Å²) in [6, 6.07) is 3.82. The molecular weight excluding hydrogens is 283 g/mol. The fourth-order valence-corrected chi connectivity index (χ4v) is 2.37. The van der Waals surface area contributed by atoms with Crippen LogP contribution in [-0.4, -0.2) is 21.8 Å². The molecule has 2 aromatic heterocycles. The second-order valence-electron chi connectivity index (χ2n) is 4.54. The Morgan fingerprint density at radius 1 is 1.21 bits per heavy atom. The topological polar surface area (TPSA) is 42.7 Å². The van der Waals surface area contributed by atoms with Crippen LogP contribution in [0.25, 0.3) is 0 Å². The van der Waals surface area contributed by atoms with Crippen molar-refractivity contribution in [3.8, 4) is 0 Å². The Bertz CT molecular complexity index is 548. The third-order valence-corrected chi connectivity index (χ3v) is 3.40. The molecule has 0 radical (unpaired) electrons. The summed E-state index contributed by atoms with van der Waals surface area (Å²) in [6.07, 6.45) is 3.29. The predicted octanol–water partition coefficient (Wildman–Crippen LogP) is 3.47. The summed E-state index contributed by atoms with van der Waals surface area (Å²) in [5, 5.41) is 8.79. The molecule has 2 aromatic rings. The Morgan fingerprint density at radius 3 is 2.47 bits per heavy atom. The third-order valence-electron chi connectivity index (χ3n) is 2.88. The monoisotopic (exact) mass is 298 g/mol. The average Bonchev–Trinajstić information content (AvgIpc) is 2.75. The maximum atomic E-state index is 6.27. The van der Waals surface area contributed by atoms with Gasteiger partial charge in [-0.2, -0.15) is 5.10 Å². The molecule has 1 unspecified atom stereocenters. The van der Waals surface area contributed by atoms with Gasteiger partial charge in [-0.1, -0.05) is 23.2 Å². The van der Waals surface area contributed by atoms with E-state index in [2.05, 4.69) is 29.2 Å². The summed E-state index contributed by atoms with van der Waals surface area (Å²) in [5.41, 5.74) is 1.77. The summed E-state index contributed by atoms with van der Waals surface area (Å²) in [4.78, 5) is 4.35. The summed E-state index contributed by atoms with van der Waals surface area (Å²) < 4.78 is 1.90. The van der Waals surface area contributed by atoms with Crippen molar-refractivity contribution in [3.05, 3.63) is 46.0 Å². The Balaban J connectivity index is 2.47. The number of aromatic nitrogens is 3. The highest BCUT2D eigenvalue weighted by atomic mass is 35.5. The Hall–Kier alpha value is -1.10. The van der Waals surface area contributed by atoms with Crippen LogP contribution in [0, 0.1) is 0 Å². The van der Waals surface area contributed by atoms with Gasteiger partial charge in [-0.25, -0.2) is 0 Å². The van der Waals surface area contributed by atoms with Crippen LogP contribution in [0.15, 0.2) is 24.5 Å². The minimum atomic E-state index is -0.116. The molecule has 0 bridgehead atoms. The van der Waals surface area contributed by atoms with E-state index < -0.39 is 0 Å². The molecule has 0 aliphatic heterocycles. The van der Waals surface area contributed by atoms with E-state index in [1.807, 2.05) is 23.9 Å². The van der Waals surface area contributed by atoms with Crippen LogP contribution in [0.1, 0.15) is 37.3 Å². The molecule has 0 aromatic carbocycles. The third kappa shape index (κ3) is 2.91. The molecule has 0 aliphatic rings. The molecule has 19 heavy (non-hydrogen) atoms. The first-order valence-corrected chi connectivity index (χ1v) is 6.81. The average molecular weight is 299 g/mol. The minimum absolute atomic E-state index is 0.116. The van der Waals surface area contributed by atoms with Crippen LogP contribution >= 0.6 is 23.2 Å². The molecule has 0 fully saturated rings. The van der Waals surface area contributed by atoms with Crippen molar-refractivity contribution >= 4 is 23.2 Å². The summed E-state index contributed by atoms with van der Waals surface area (Å²) in [5.74, 6) is 0. The largest absolute Gasteiger partial charge is 0.307 e. The van der Waals surface area contributed by atoms with Crippen molar-refractivity contribution in [2.45, 2.75) is 25.9 Å². The van der Waals surface area contributed by atoms with E-state index in [0.29, 0.717) is 10.0 Å². The van der Waals surface area contributed by atoms with Crippen molar-refractivity contribution in [1.82, 2.24) is 20.1 Å². The van der Waals surface area contributed by atoms with E-state index in [1.165, 1.54) is 0 Å². The number of rotatable bonds is 4. The lowest BCUT2D eigenvalue weighted by atomic mass is 10.1. The minimum Gasteiger partial charge on any atom is -0.307 e. The second kappa shape index (κ2) is 5.90. The molecular formula is C13H16Cl2N4. The molecule has 0 aliphatic carbocycles. The normalized spacial score (nSPS) is 12.9. The number of pyridine rings is 1. The molecule has 1 N–H and O–H groups in total. The molecule has 0 saturated heterocycles. The molecule has 2 rings (SSSR count). The Morgan fingerprint density at radius 2 is 1.95 bits per heavy atom. The second-order valence-corrected chi connectivity index (χ2v) is 5.38. The Labute approximate surface area is 122 Å². The van der Waals surface area contributed by atoms with Gasteiger partial charge in [-0.15, -0.1) is 0 Å². The first-order valence-electron chi connectivity index (χ1n) is 6.06. The van der Waals surface area contributed by atoms with E-state index in [1.54, 1.807) is 12.4 Å². The number of hydrogen-bond donors (Lipinski definition) is 1. The highest BCUT2D eigenvalue weighted by Crippen LogP contribution is 2.29. The maximum Gasteiger partial charge on any atom is 0.0934 e. The van der Waals surface area contributed by atoms with Gasteiger partial charge in [0.1, 0.15) is 0 Å². The Kier molecular flexibility index (Phi) is 4.45. The molecule has 1 atom stereocenters. The molecule has 0 spiro atoms. The fourth-order valence-electron chi connectivity index (χ4n) is 2.02. The zero-order valence-electron chi connectivity index (χ0n) is 11.1. The number of halogens is 2. The van der Waals surface area contributed by atoms with E-state index >= 15 is 0 Å². The van der Waals surface area contributed by atoms with Gasteiger partial charge in [0, 0.05) is 12.2 Å². The lowest BCUT2D eigenvalue weighted by Crippen LogP contribution is -2.23. The van der Waals surface area contributed by atoms with Crippen molar-refractivity contribution in [1.29, 1.82) is 0 Å². The van der Waals surface area contributed by atoms with Gasteiger partial charge in [0.05, 0.1) is 33.7 Å². The van der Waals surface area contributed by atoms with Gasteiger partial charge < -0.3 is 5.32 Å². The lowest BCUT2D eigenvalue weighted by Gasteiger charge is -2.20. The van der Waals surface area contributed by atoms with Crippen molar-refractivity contribution in [2.75, 3.05) is 7.05 Å². The fraction of sp³-hybridized carbons (Fsp3) is 0.385. The van der Waals surface area contributed by atoms with E-state index in [9.17, 15) is 0 Å². The maximum absolute atomic E-state index is 6.27. The molecule has 0 amide bonds. The first kappa shape index (κ1) is 14.3. The first-order chi connectivity index (χ1) is 9.04. The van der Waals surface area contributed by atoms with Gasteiger partial charge >= 0.3 is 0 Å². The molecule has 4 nitrogen and oxygen atoms in total. The molecule has 0 saturated carbocycles. The molecule has 102 valence electrons. The zero-order chi connectivity index (χ0) is 14.0. The number of hydrogen-bond acceptors (Lipinski definition) is 3. The van der Waals surface area contributed by atoms with Gasteiger partial charge in [-0.05, 0) is 33.0 Å². The number of nitrogens with zero attached hydrogens (tertiary/aromatic N) is 3. The highest BCUT2D eigenvalue weighted by Gasteiger charge is 2.22. The number of nitrogens with one attached hydrogen (secondary N) is 1. The highest BCUT2D eigenvalue weighted by molar-refractivity contribution is 6.31. The standard InChI is InChI=1S/C13H16Cl2N4/c1-8(2)19-13(10(15)7-18-19)12(16-3)11-5-4-9(14)6-17-11/h4-8,12,16H,1-3H3. The smallest absolute Gasteiger partial charge is 0.0934 e. The van der Waals surface area contributed by atoms with Crippen LogP contribution < -0.4 is 5.32 Å². The molecule has 2 heterocycles. The van der Waals surface area contributed by atoms with Crippen LogP contribution in [0.5, 0.6) is 0 Å². The van der Waals surface area contributed by atoms with Gasteiger partial charge in [0.25, 0.3) is 0 Å².